The van der Waals surface area contributed by atoms with Gasteiger partial charge < -0.3 is 0 Å². The third-order valence-electron chi connectivity index (χ3n) is 5.20. The zero-order chi connectivity index (χ0) is 18.8. The normalized spacial score (nSPS) is 10.8. The smallest absolute Gasteiger partial charge is 0.0789 e. The van der Waals surface area contributed by atoms with Crippen LogP contribution in [-0.2, 0) is 0 Å². The van der Waals surface area contributed by atoms with Crippen molar-refractivity contribution in [2.45, 2.75) is 20.8 Å². The lowest BCUT2D eigenvalue weighted by Gasteiger charge is -2.18. The molecule has 0 N–H and O–H groups in total. The molecule has 0 unspecified atom stereocenters. The molecule has 1 heterocycles. The molecule has 4 aromatic rings. The Balaban J connectivity index is 2.10. The van der Waals surface area contributed by atoms with Crippen molar-refractivity contribution in [2.75, 3.05) is 0 Å². The molecule has 1 aromatic heterocycles. The Morgan fingerprint density at radius 1 is 0.481 bits per heavy atom. The first kappa shape index (κ1) is 17.2. The fourth-order valence-corrected chi connectivity index (χ4v) is 3.73. The van der Waals surface area contributed by atoms with Gasteiger partial charge in [0.15, 0.2) is 0 Å². The summed E-state index contributed by atoms with van der Waals surface area (Å²) in [6, 6.07) is 27.8. The van der Waals surface area contributed by atoms with Gasteiger partial charge in [-0.25, -0.2) is 0 Å². The second-order valence-electron chi connectivity index (χ2n) is 7.03. The summed E-state index contributed by atoms with van der Waals surface area (Å²) in [5.74, 6) is 0. The van der Waals surface area contributed by atoms with Gasteiger partial charge in [0.05, 0.1) is 5.69 Å². The van der Waals surface area contributed by atoms with Crippen LogP contribution in [-0.4, -0.2) is 4.98 Å². The van der Waals surface area contributed by atoms with Crippen LogP contribution in [0, 0.1) is 20.8 Å². The van der Waals surface area contributed by atoms with Crippen LogP contribution in [0.4, 0.5) is 0 Å². The molecule has 0 saturated carbocycles. The van der Waals surface area contributed by atoms with Gasteiger partial charge in [0.25, 0.3) is 0 Å². The van der Waals surface area contributed by atoms with Crippen LogP contribution < -0.4 is 0 Å². The van der Waals surface area contributed by atoms with Crippen LogP contribution >= 0.6 is 0 Å². The molecule has 27 heavy (non-hydrogen) atoms. The Labute approximate surface area is 161 Å². The molecule has 0 bridgehead atoms. The number of pyridine rings is 1. The first-order valence-electron chi connectivity index (χ1n) is 9.34. The average molecular weight is 349 g/mol. The first-order chi connectivity index (χ1) is 13.2. The van der Waals surface area contributed by atoms with E-state index in [-0.39, 0.29) is 0 Å². The molecule has 0 fully saturated rings. The van der Waals surface area contributed by atoms with Crippen molar-refractivity contribution in [3.63, 3.8) is 0 Å². The summed E-state index contributed by atoms with van der Waals surface area (Å²) >= 11 is 0. The first-order valence-corrected chi connectivity index (χ1v) is 9.34. The number of nitrogens with zero attached hydrogens (tertiary/aromatic N) is 1. The highest BCUT2D eigenvalue weighted by Gasteiger charge is 2.18. The molecule has 1 heteroatoms. The van der Waals surface area contributed by atoms with Crippen molar-refractivity contribution in [1.82, 2.24) is 4.98 Å². The third-order valence-corrected chi connectivity index (χ3v) is 5.20. The second-order valence-corrected chi connectivity index (χ2v) is 7.03. The minimum Gasteiger partial charge on any atom is -0.256 e. The van der Waals surface area contributed by atoms with E-state index in [0.29, 0.717) is 0 Å². The lowest BCUT2D eigenvalue weighted by Crippen LogP contribution is -1.97. The Bertz CT molecular complexity index is 1040. The van der Waals surface area contributed by atoms with Gasteiger partial charge in [-0.3, -0.25) is 4.98 Å². The molecule has 1 nitrogen and oxygen atoms in total. The van der Waals surface area contributed by atoms with Gasteiger partial charge in [0.1, 0.15) is 0 Å². The van der Waals surface area contributed by atoms with Crippen molar-refractivity contribution in [2.24, 2.45) is 0 Å². The second kappa shape index (κ2) is 7.20. The molecular weight excluding hydrogens is 326 g/mol. The molecule has 0 radical (unpaired) electrons. The molecule has 0 spiro atoms. The van der Waals surface area contributed by atoms with Gasteiger partial charge in [-0.15, -0.1) is 0 Å². The van der Waals surface area contributed by atoms with E-state index >= 15 is 0 Å². The predicted octanol–water partition coefficient (Wildman–Crippen LogP) is 7.01. The van der Waals surface area contributed by atoms with Crippen LogP contribution in [0.1, 0.15) is 16.7 Å². The zero-order valence-electron chi connectivity index (χ0n) is 16.0. The Kier molecular flexibility index (Phi) is 4.60. The summed E-state index contributed by atoms with van der Waals surface area (Å²) in [6.45, 7) is 6.50. The molecule has 4 rings (SSSR count). The standard InChI is InChI=1S/C26H23N/c1-18-10-4-7-13-21(18)24-16-17-27-26(23-15-9-6-12-20(23)3)25(24)22-14-8-5-11-19(22)2/h4-17H,1-3H3. The number of hydrogen-bond acceptors (Lipinski definition) is 1. The van der Waals surface area contributed by atoms with Gasteiger partial charge in [-0.2, -0.15) is 0 Å². The summed E-state index contributed by atoms with van der Waals surface area (Å²) < 4.78 is 0. The fourth-order valence-electron chi connectivity index (χ4n) is 3.73. The van der Waals surface area contributed by atoms with Crippen LogP contribution in [0.2, 0.25) is 0 Å². The van der Waals surface area contributed by atoms with E-state index in [0.717, 1.165) is 5.69 Å². The number of rotatable bonds is 3. The molecule has 3 aromatic carbocycles. The number of aromatic nitrogens is 1. The highest BCUT2D eigenvalue weighted by atomic mass is 14.7. The van der Waals surface area contributed by atoms with E-state index in [1.54, 1.807) is 0 Å². The van der Waals surface area contributed by atoms with Gasteiger partial charge in [-0.05, 0) is 60.2 Å². The Morgan fingerprint density at radius 3 is 1.52 bits per heavy atom. The van der Waals surface area contributed by atoms with Gasteiger partial charge in [0.2, 0.25) is 0 Å². The number of hydrogen-bond donors (Lipinski definition) is 0. The molecule has 0 saturated heterocycles. The van der Waals surface area contributed by atoms with E-state index in [9.17, 15) is 0 Å². The lowest BCUT2D eigenvalue weighted by molar-refractivity contribution is 1.29. The minimum absolute atomic E-state index is 1.04. The summed E-state index contributed by atoms with van der Waals surface area (Å²) in [5, 5.41) is 0. The molecule has 0 aliphatic heterocycles. The summed E-state index contributed by atoms with van der Waals surface area (Å²) in [6.07, 6.45) is 1.94. The van der Waals surface area contributed by atoms with Crippen molar-refractivity contribution in [3.05, 3.63) is 102 Å². The van der Waals surface area contributed by atoms with Crippen LogP contribution in [0.15, 0.2) is 85.1 Å². The van der Waals surface area contributed by atoms with Crippen molar-refractivity contribution in [1.29, 1.82) is 0 Å². The minimum atomic E-state index is 1.04. The van der Waals surface area contributed by atoms with Crippen LogP contribution in [0.25, 0.3) is 33.5 Å². The Hall–Kier alpha value is -3.19. The van der Waals surface area contributed by atoms with E-state index in [1.165, 1.54) is 44.5 Å². The van der Waals surface area contributed by atoms with Gasteiger partial charge in [-0.1, -0.05) is 72.8 Å². The largest absolute Gasteiger partial charge is 0.256 e. The van der Waals surface area contributed by atoms with E-state index in [4.69, 9.17) is 4.98 Å². The highest BCUT2D eigenvalue weighted by molar-refractivity contribution is 5.94. The molecular formula is C26H23N. The van der Waals surface area contributed by atoms with Crippen molar-refractivity contribution < 1.29 is 0 Å². The maximum Gasteiger partial charge on any atom is 0.0789 e. The molecule has 132 valence electrons. The topological polar surface area (TPSA) is 12.9 Å². The summed E-state index contributed by atoms with van der Waals surface area (Å²) in [7, 11) is 0. The van der Waals surface area contributed by atoms with E-state index in [2.05, 4.69) is 99.6 Å². The van der Waals surface area contributed by atoms with E-state index < -0.39 is 0 Å². The zero-order valence-corrected chi connectivity index (χ0v) is 16.0. The number of aryl methyl sites for hydroxylation is 3. The van der Waals surface area contributed by atoms with Crippen molar-refractivity contribution in [3.8, 4) is 33.5 Å². The number of benzene rings is 3. The molecule has 0 amide bonds. The summed E-state index contributed by atoms with van der Waals surface area (Å²) in [5.41, 5.74) is 10.9. The van der Waals surface area contributed by atoms with Crippen LogP contribution in [0.5, 0.6) is 0 Å². The fraction of sp³-hybridized carbons (Fsp3) is 0.115. The average Bonchev–Trinajstić information content (AvgIpc) is 2.69. The quantitative estimate of drug-likeness (QED) is 0.388. The predicted molar refractivity (Wildman–Crippen MR) is 115 cm³/mol. The van der Waals surface area contributed by atoms with Crippen LogP contribution in [0.3, 0.4) is 0 Å². The summed E-state index contributed by atoms with van der Waals surface area (Å²) in [4.78, 5) is 4.84. The molecule has 0 aliphatic carbocycles. The maximum atomic E-state index is 4.84. The Morgan fingerprint density at radius 2 is 0.963 bits per heavy atom. The maximum absolute atomic E-state index is 4.84. The molecule has 0 atom stereocenters. The van der Waals surface area contributed by atoms with Gasteiger partial charge >= 0.3 is 0 Å². The van der Waals surface area contributed by atoms with E-state index in [1.807, 2.05) is 6.20 Å². The van der Waals surface area contributed by atoms with Gasteiger partial charge in [0, 0.05) is 17.3 Å². The van der Waals surface area contributed by atoms with Crippen molar-refractivity contribution >= 4 is 0 Å². The SMILES string of the molecule is Cc1ccccc1-c1ccnc(-c2ccccc2C)c1-c1ccccc1C. The lowest BCUT2D eigenvalue weighted by atomic mass is 9.87. The third kappa shape index (κ3) is 3.17. The molecule has 0 aliphatic rings. The highest BCUT2D eigenvalue weighted by Crippen LogP contribution is 2.41. The monoisotopic (exact) mass is 349 g/mol.